The van der Waals surface area contributed by atoms with Crippen LogP contribution < -0.4 is 20.1 Å². The quantitative estimate of drug-likeness (QED) is 0.184. The highest BCUT2D eigenvalue weighted by atomic mass is 35.5. The molecule has 0 bridgehead atoms. The molecule has 0 atom stereocenters. The van der Waals surface area contributed by atoms with Crippen molar-refractivity contribution >= 4 is 34.9 Å². The molecule has 1 aliphatic carbocycles. The van der Waals surface area contributed by atoms with Crippen molar-refractivity contribution in [3.8, 4) is 17.2 Å². The maximum Gasteiger partial charge on any atom is 0.310 e. The minimum Gasteiger partial charge on any atom is -0.493 e. The molecule has 40 heavy (non-hydrogen) atoms. The number of hydrogen-bond acceptors (Lipinski definition) is 7. The lowest BCUT2D eigenvalue weighted by molar-refractivity contribution is -0.142. The lowest BCUT2D eigenvalue weighted by atomic mass is 10.1. The molecule has 210 valence electrons. The smallest absolute Gasteiger partial charge is 0.310 e. The van der Waals surface area contributed by atoms with E-state index in [1.54, 1.807) is 68.6 Å². The van der Waals surface area contributed by atoms with Crippen LogP contribution in [-0.2, 0) is 27.3 Å². The largest absolute Gasteiger partial charge is 0.493 e. The van der Waals surface area contributed by atoms with Gasteiger partial charge in [0.2, 0.25) is 0 Å². The summed E-state index contributed by atoms with van der Waals surface area (Å²) >= 11 is 5.95. The van der Waals surface area contributed by atoms with Crippen molar-refractivity contribution in [1.82, 2.24) is 5.32 Å². The van der Waals surface area contributed by atoms with Gasteiger partial charge in [-0.3, -0.25) is 14.4 Å². The Kier molecular flexibility index (Phi) is 10.2. The highest BCUT2D eigenvalue weighted by molar-refractivity contribution is 6.30. The van der Waals surface area contributed by atoms with Gasteiger partial charge >= 0.3 is 5.97 Å². The topological polar surface area (TPSA) is 103 Å². The zero-order valence-electron chi connectivity index (χ0n) is 22.6. The minimum absolute atomic E-state index is 0.104. The first-order valence-electron chi connectivity index (χ1n) is 13.3. The molecule has 3 aromatic carbocycles. The Bertz CT molecular complexity index is 1350. The van der Waals surface area contributed by atoms with Gasteiger partial charge in [-0.25, -0.2) is 0 Å². The van der Waals surface area contributed by atoms with E-state index in [2.05, 4.69) is 10.6 Å². The third kappa shape index (κ3) is 8.31. The van der Waals surface area contributed by atoms with Crippen molar-refractivity contribution in [1.29, 1.82) is 0 Å². The third-order valence-electron chi connectivity index (χ3n) is 6.42. The number of Topliss-reactive ketones (excluding diaryl/α,β-unsaturated/α-hetero) is 1. The van der Waals surface area contributed by atoms with Crippen LogP contribution in [0.1, 0.15) is 47.7 Å². The van der Waals surface area contributed by atoms with Gasteiger partial charge in [0.1, 0.15) is 11.5 Å². The van der Waals surface area contributed by atoms with Crippen molar-refractivity contribution in [3.63, 3.8) is 0 Å². The molecule has 1 amide bonds. The van der Waals surface area contributed by atoms with Crippen LogP contribution >= 0.6 is 11.6 Å². The Morgan fingerprint density at radius 2 is 1.70 bits per heavy atom. The Balaban J connectivity index is 1.54. The molecule has 0 heterocycles. The first-order chi connectivity index (χ1) is 19.4. The Morgan fingerprint density at radius 1 is 0.950 bits per heavy atom. The summed E-state index contributed by atoms with van der Waals surface area (Å²) in [7, 11) is 1.54. The summed E-state index contributed by atoms with van der Waals surface area (Å²) in [5.41, 5.74) is 2.55. The SMILES string of the molecule is CCOC(=O)Cc1ccc(OC)c(Oc2ccc(NC(=O)c3ccc(Cl)cc3)cc2CNCCC(=O)C2CC2)c1. The molecule has 1 fully saturated rings. The number of anilines is 1. The van der Waals surface area contributed by atoms with Gasteiger partial charge in [0.15, 0.2) is 11.5 Å². The van der Waals surface area contributed by atoms with E-state index in [9.17, 15) is 14.4 Å². The standard InChI is InChI=1S/C31H33ClN2O6/c1-3-39-30(36)17-20-4-12-28(38-2)29(16-20)40-27-13-11-25(34-31(37)22-7-9-24(32)10-8-22)18-23(27)19-33-15-14-26(35)21-5-6-21/h4,7-13,16,18,21,33H,3,5-6,14-15,17,19H2,1-2H3,(H,34,37). The lowest BCUT2D eigenvalue weighted by Gasteiger charge is -2.17. The number of benzene rings is 3. The zero-order valence-corrected chi connectivity index (χ0v) is 23.4. The van der Waals surface area contributed by atoms with E-state index in [4.69, 9.17) is 25.8 Å². The second-order valence-corrected chi connectivity index (χ2v) is 9.96. The van der Waals surface area contributed by atoms with E-state index < -0.39 is 0 Å². The molecule has 0 unspecified atom stereocenters. The molecule has 0 spiro atoms. The fraction of sp³-hybridized carbons (Fsp3) is 0.323. The number of methoxy groups -OCH3 is 1. The van der Waals surface area contributed by atoms with Gasteiger partial charge < -0.3 is 24.8 Å². The molecule has 0 aromatic heterocycles. The van der Waals surface area contributed by atoms with Crippen LogP contribution in [0, 0.1) is 5.92 Å². The van der Waals surface area contributed by atoms with Gasteiger partial charge in [-0.15, -0.1) is 0 Å². The number of carbonyl (C=O) groups excluding carboxylic acids is 3. The summed E-state index contributed by atoms with van der Waals surface area (Å²) in [6, 6.07) is 17.3. The van der Waals surface area contributed by atoms with Crippen LogP contribution in [-0.4, -0.2) is 37.9 Å². The fourth-order valence-corrected chi connectivity index (χ4v) is 4.28. The molecule has 9 heteroatoms. The van der Waals surface area contributed by atoms with Crippen molar-refractivity contribution in [2.75, 3.05) is 25.6 Å². The minimum atomic E-state index is -0.329. The number of halogens is 1. The van der Waals surface area contributed by atoms with Gasteiger partial charge in [-0.1, -0.05) is 17.7 Å². The first-order valence-corrected chi connectivity index (χ1v) is 13.7. The van der Waals surface area contributed by atoms with Crippen molar-refractivity contribution in [2.45, 2.75) is 39.2 Å². The van der Waals surface area contributed by atoms with Gasteiger partial charge in [0, 0.05) is 47.3 Å². The average Bonchev–Trinajstić information content (AvgIpc) is 3.79. The lowest BCUT2D eigenvalue weighted by Crippen LogP contribution is -2.19. The summed E-state index contributed by atoms with van der Waals surface area (Å²) in [4.78, 5) is 36.9. The normalized spacial score (nSPS) is 12.5. The molecule has 1 saturated carbocycles. The van der Waals surface area contributed by atoms with Crippen LogP contribution in [0.5, 0.6) is 17.2 Å². The predicted octanol–water partition coefficient (Wildman–Crippen LogP) is 5.96. The number of nitrogens with one attached hydrogen (secondary N) is 2. The number of amides is 1. The van der Waals surface area contributed by atoms with E-state index in [0.717, 1.165) is 24.0 Å². The summed E-state index contributed by atoms with van der Waals surface area (Å²) in [5.74, 6) is 1.39. The number of rotatable bonds is 14. The average molecular weight is 565 g/mol. The van der Waals surface area contributed by atoms with E-state index in [1.807, 2.05) is 6.07 Å². The molecule has 1 aliphatic rings. The van der Waals surface area contributed by atoms with Crippen LogP contribution in [0.25, 0.3) is 0 Å². The van der Waals surface area contributed by atoms with E-state index >= 15 is 0 Å². The molecule has 0 saturated heterocycles. The molecule has 0 aliphatic heterocycles. The number of carbonyl (C=O) groups is 3. The molecular formula is C31H33ClN2O6. The number of hydrogen-bond donors (Lipinski definition) is 2. The fourth-order valence-electron chi connectivity index (χ4n) is 4.15. The van der Waals surface area contributed by atoms with E-state index in [1.165, 1.54) is 0 Å². The molecule has 2 N–H and O–H groups in total. The summed E-state index contributed by atoms with van der Waals surface area (Å²) < 4.78 is 16.8. The summed E-state index contributed by atoms with van der Waals surface area (Å²) in [6.45, 7) is 3.01. The van der Waals surface area contributed by atoms with Gasteiger partial charge in [0.05, 0.1) is 20.1 Å². The summed E-state index contributed by atoms with van der Waals surface area (Å²) in [6.07, 6.45) is 2.55. The molecule has 0 radical (unpaired) electrons. The Hall–Kier alpha value is -3.88. The third-order valence-corrected chi connectivity index (χ3v) is 6.67. The monoisotopic (exact) mass is 564 g/mol. The Morgan fingerprint density at radius 3 is 2.40 bits per heavy atom. The van der Waals surface area contributed by atoms with Gasteiger partial charge in [-0.05, 0) is 79.9 Å². The predicted molar refractivity (Wildman–Crippen MR) is 153 cm³/mol. The van der Waals surface area contributed by atoms with Crippen LogP contribution in [0.4, 0.5) is 5.69 Å². The first kappa shape index (κ1) is 29.1. The Labute approximate surface area is 239 Å². The van der Waals surface area contributed by atoms with Gasteiger partial charge in [0.25, 0.3) is 5.91 Å². The van der Waals surface area contributed by atoms with Crippen LogP contribution in [0.3, 0.4) is 0 Å². The number of ketones is 1. The van der Waals surface area contributed by atoms with Crippen molar-refractivity contribution in [3.05, 3.63) is 82.4 Å². The molecule has 4 rings (SSSR count). The molecule has 8 nitrogen and oxygen atoms in total. The second-order valence-electron chi connectivity index (χ2n) is 9.52. The molecule has 3 aromatic rings. The summed E-state index contributed by atoms with van der Waals surface area (Å²) in [5, 5.41) is 6.78. The number of ether oxygens (including phenoxy) is 3. The van der Waals surface area contributed by atoms with Crippen LogP contribution in [0.15, 0.2) is 60.7 Å². The van der Waals surface area contributed by atoms with E-state index in [0.29, 0.717) is 59.6 Å². The van der Waals surface area contributed by atoms with Crippen molar-refractivity contribution < 1.29 is 28.6 Å². The number of esters is 1. The van der Waals surface area contributed by atoms with Crippen molar-refractivity contribution in [2.24, 2.45) is 5.92 Å². The zero-order chi connectivity index (χ0) is 28.5. The van der Waals surface area contributed by atoms with Gasteiger partial charge in [-0.2, -0.15) is 0 Å². The molecular weight excluding hydrogens is 532 g/mol. The van der Waals surface area contributed by atoms with E-state index in [-0.39, 0.29) is 30.0 Å². The highest BCUT2D eigenvalue weighted by Gasteiger charge is 2.28. The second kappa shape index (κ2) is 14.0. The van der Waals surface area contributed by atoms with Crippen LogP contribution in [0.2, 0.25) is 5.02 Å². The maximum atomic E-state index is 12.8. The highest BCUT2D eigenvalue weighted by Crippen LogP contribution is 2.35. The maximum absolute atomic E-state index is 12.8.